The normalized spacial score (nSPS) is 19.2. The van der Waals surface area contributed by atoms with Crippen LogP contribution in [0.5, 0.6) is 0 Å². The molecule has 2 N–H and O–H groups in total. The van der Waals surface area contributed by atoms with Gasteiger partial charge in [0.2, 0.25) is 0 Å². The molecule has 1 heterocycles. The van der Waals surface area contributed by atoms with Crippen LogP contribution in [0.1, 0.15) is 17.2 Å². The van der Waals surface area contributed by atoms with E-state index >= 15 is 0 Å². The maximum Gasteiger partial charge on any atom is 0.0471 e. The lowest BCUT2D eigenvalue weighted by Crippen LogP contribution is -2.39. The molecule has 1 unspecified atom stereocenters. The minimum Gasteiger partial charge on any atom is -0.329 e. The van der Waals surface area contributed by atoms with E-state index in [4.69, 9.17) is 5.73 Å². The molecule has 1 atom stereocenters. The van der Waals surface area contributed by atoms with Gasteiger partial charge in [-0.2, -0.15) is 11.8 Å². The fourth-order valence-corrected chi connectivity index (χ4v) is 3.44. The summed E-state index contributed by atoms with van der Waals surface area (Å²) < 4.78 is 1.17. The summed E-state index contributed by atoms with van der Waals surface area (Å²) >= 11 is 5.59. The molecule has 0 amide bonds. The van der Waals surface area contributed by atoms with E-state index in [0.717, 1.165) is 13.1 Å². The highest BCUT2D eigenvalue weighted by atomic mass is 79.9. The molecule has 4 heteroatoms. The molecule has 1 aliphatic heterocycles. The Labute approximate surface area is 116 Å². The third-order valence-corrected chi connectivity index (χ3v) is 5.11. The van der Waals surface area contributed by atoms with Crippen molar-refractivity contribution in [3.8, 4) is 0 Å². The Morgan fingerprint density at radius 1 is 1.41 bits per heavy atom. The fourth-order valence-electron chi connectivity index (χ4n) is 2.26. The predicted molar refractivity (Wildman–Crippen MR) is 79.6 cm³/mol. The Balaban J connectivity index is 2.18. The smallest absolute Gasteiger partial charge is 0.0471 e. The number of nitrogens with two attached hydrogens (primary N) is 1. The number of nitrogens with zero attached hydrogens (tertiary/aromatic N) is 1. The van der Waals surface area contributed by atoms with E-state index in [9.17, 15) is 0 Å². The van der Waals surface area contributed by atoms with Crippen LogP contribution in [0.3, 0.4) is 0 Å². The molecule has 94 valence electrons. The summed E-state index contributed by atoms with van der Waals surface area (Å²) in [6.07, 6.45) is 0. The molecule has 17 heavy (non-hydrogen) atoms. The maximum atomic E-state index is 5.96. The Bertz CT molecular complexity index is 378. The zero-order chi connectivity index (χ0) is 12.3. The van der Waals surface area contributed by atoms with E-state index in [-0.39, 0.29) is 0 Å². The number of rotatable bonds is 3. The number of hydrogen-bond donors (Lipinski definition) is 1. The number of thioether (sulfide) groups is 1. The third kappa shape index (κ3) is 3.25. The number of hydrogen-bond acceptors (Lipinski definition) is 3. The van der Waals surface area contributed by atoms with Crippen LogP contribution < -0.4 is 5.73 Å². The second-order valence-electron chi connectivity index (χ2n) is 4.41. The topological polar surface area (TPSA) is 29.3 Å². The largest absolute Gasteiger partial charge is 0.329 e. The van der Waals surface area contributed by atoms with E-state index in [2.05, 4.69) is 46.0 Å². The average molecular weight is 315 g/mol. The van der Waals surface area contributed by atoms with Gasteiger partial charge in [0, 0.05) is 41.7 Å². The van der Waals surface area contributed by atoms with Crippen molar-refractivity contribution >= 4 is 27.7 Å². The minimum atomic E-state index is 0.377. The minimum absolute atomic E-state index is 0.377. The monoisotopic (exact) mass is 314 g/mol. The van der Waals surface area contributed by atoms with Gasteiger partial charge in [-0.25, -0.2) is 0 Å². The zero-order valence-corrected chi connectivity index (χ0v) is 12.6. The predicted octanol–water partition coefficient (Wildman–Crippen LogP) is 2.81. The van der Waals surface area contributed by atoms with Crippen molar-refractivity contribution in [1.82, 2.24) is 4.90 Å². The van der Waals surface area contributed by atoms with Crippen LogP contribution in [-0.2, 0) is 0 Å². The highest BCUT2D eigenvalue weighted by molar-refractivity contribution is 9.10. The van der Waals surface area contributed by atoms with Crippen molar-refractivity contribution in [3.63, 3.8) is 0 Å². The molecule has 1 aliphatic rings. The molecular weight excluding hydrogens is 296 g/mol. The van der Waals surface area contributed by atoms with Gasteiger partial charge in [0.25, 0.3) is 0 Å². The van der Waals surface area contributed by atoms with Crippen molar-refractivity contribution in [1.29, 1.82) is 0 Å². The second-order valence-corrected chi connectivity index (χ2v) is 6.49. The van der Waals surface area contributed by atoms with Crippen LogP contribution in [0, 0.1) is 6.92 Å². The molecule has 2 rings (SSSR count). The first-order valence-electron chi connectivity index (χ1n) is 6.00. The summed E-state index contributed by atoms with van der Waals surface area (Å²) in [5.41, 5.74) is 8.60. The van der Waals surface area contributed by atoms with Crippen LogP contribution in [0.25, 0.3) is 0 Å². The SMILES string of the molecule is Cc1cc(C(CN)N2CCSCC2)ccc1Br. The van der Waals surface area contributed by atoms with Gasteiger partial charge in [0.1, 0.15) is 0 Å². The van der Waals surface area contributed by atoms with Crippen LogP contribution in [0.4, 0.5) is 0 Å². The lowest BCUT2D eigenvalue weighted by Gasteiger charge is -2.34. The molecule has 0 aliphatic carbocycles. The number of benzene rings is 1. The summed E-state index contributed by atoms with van der Waals surface area (Å²) in [5.74, 6) is 2.46. The first kappa shape index (κ1) is 13.4. The molecule has 0 bridgehead atoms. The molecule has 1 fully saturated rings. The molecule has 0 saturated carbocycles. The Morgan fingerprint density at radius 3 is 2.71 bits per heavy atom. The Hall–Kier alpha value is -0.0300. The number of halogens is 1. The van der Waals surface area contributed by atoms with Crippen molar-refractivity contribution < 1.29 is 0 Å². The van der Waals surface area contributed by atoms with Gasteiger partial charge in [0.15, 0.2) is 0 Å². The summed E-state index contributed by atoms with van der Waals surface area (Å²) in [4.78, 5) is 2.51. The summed E-state index contributed by atoms with van der Waals surface area (Å²) in [7, 11) is 0. The van der Waals surface area contributed by atoms with Crippen LogP contribution in [0.2, 0.25) is 0 Å². The first-order chi connectivity index (χ1) is 8.22. The molecule has 1 aromatic rings. The van der Waals surface area contributed by atoms with Crippen LogP contribution >= 0.6 is 27.7 Å². The average Bonchev–Trinajstić information content (AvgIpc) is 2.36. The number of aryl methyl sites for hydroxylation is 1. The fraction of sp³-hybridized carbons (Fsp3) is 0.538. The molecule has 2 nitrogen and oxygen atoms in total. The molecular formula is C13H19BrN2S. The van der Waals surface area contributed by atoms with Crippen molar-refractivity contribution in [3.05, 3.63) is 33.8 Å². The van der Waals surface area contributed by atoms with E-state index in [1.807, 2.05) is 11.8 Å². The molecule has 0 aromatic heterocycles. The van der Waals surface area contributed by atoms with Crippen LogP contribution in [0.15, 0.2) is 22.7 Å². The van der Waals surface area contributed by atoms with Crippen molar-refractivity contribution in [2.45, 2.75) is 13.0 Å². The third-order valence-electron chi connectivity index (χ3n) is 3.28. The van der Waals surface area contributed by atoms with Crippen molar-refractivity contribution in [2.75, 3.05) is 31.1 Å². The van der Waals surface area contributed by atoms with Gasteiger partial charge in [-0.15, -0.1) is 0 Å². The van der Waals surface area contributed by atoms with Gasteiger partial charge in [0.05, 0.1) is 0 Å². The molecule has 0 spiro atoms. The molecule has 1 aromatic carbocycles. The Morgan fingerprint density at radius 2 is 2.12 bits per heavy atom. The lowest BCUT2D eigenvalue weighted by molar-refractivity contribution is 0.223. The molecule has 1 saturated heterocycles. The summed E-state index contributed by atoms with van der Waals surface area (Å²) in [6.45, 7) is 5.14. The lowest BCUT2D eigenvalue weighted by atomic mass is 10.0. The zero-order valence-electron chi connectivity index (χ0n) is 10.2. The quantitative estimate of drug-likeness (QED) is 0.930. The van der Waals surface area contributed by atoms with Gasteiger partial charge >= 0.3 is 0 Å². The van der Waals surface area contributed by atoms with E-state index in [1.165, 1.54) is 27.1 Å². The van der Waals surface area contributed by atoms with Gasteiger partial charge in [-0.1, -0.05) is 28.1 Å². The summed E-state index contributed by atoms with van der Waals surface area (Å²) in [5, 5.41) is 0. The van der Waals surface area contributed by atoms with Gasteiger partial charge in [-0.05, 0) is 24.1 Å². The first-order valence-corrected chi connectivity index (χ1v) is 7.95. The highest BCUT2D eigenvalue weighted by Gasteiger charge is 2.21. The maximum absolute atomic E-state index is 5.96. The van der Waals surface area contributed by atoms with Gasteiger partial charge in [-0.3, -0.25) is 4.90 Å². The van der Waals surface area contributed by atoms with Crippen LogP contribution in [-0.4, -0.2) is 36.0 Å². The van der Waals surface area contributed by atoms with E-state index < -0.39 is 0 Å². The standard InChI is InChI=1S/C13H19BrN2S/c1-10-8-11(2-3-12(10)14)13(9-15)16-4-6-17-7-5-16/h2-3,8,13H,4-7,9,15H2,1H3. The van der Waals surface area contributed by atoms with E-state index in [1.54, 1.807) is 0 Å². The van der Waals surface area contributed by atoms with Crippen molar-refractivity contribution in [2.24, 2.45) is 5.73 Å². The van der Waals surface area contributed by atoms with E-state index in [0.29, 0.717) is 12.6 Å². The Kier molecular flexibility index (Phi) is 4.91. The second kappa shape index (κ2) is 6.23. The van der Waals surface area contributed by atoms with Gasteiger partial charge < -0.3 is 5.73 Å². The molecule has 0 radical (unpaired) electrons. The summed E-state index contributed by atoms with van der Waals surface area (Å²) in [6, 6.07) is 6.95. The highest BCUT2D eigenvalue weighted by Crippen LogP contribution is 2.26.